The van der Waals surface area contributed by atoms with Gasteiger partial charge in [0.2, 0.25) is 0 Å². The smallest absolute Gasteiger partial charge is 0.125 e. The van der Waals surface area contributed by atoms with Crippen LogP contribution in [0.15, 0.2) is 23.8 Å². The van der Waals surface area contributed by atoms with Crippen molar-refractivity contribution < 1.29 is 4.39 Å². The van der Waals surface area contributed by atoms with E-state index in [0.717, 1.165) is 5.56 Å². The Kier molecular flexibility index (Phi) is 5.08. The minimum absolute atomic E-state index is 0.300. The fourth-order valence-electron chi connectivity index (χ4n) is 2.61. The van der Waals surface area contributed by atoms with E-state index < -0.39 is 0 Å². The van der Waals surface area contributed by atoms with Crippen LogP contribution in [0, 0.1) is 11.7 Å². The molecule has 0 nitrogen and oxygen atoms in total. The highest BCUT2D eigenvalue weighted by Crippen LogP contribution is 2.31. The van der Waals surface area contributed by atoms with Crippen LogP contribution in [0.3, 0.4) is 0 Å². The number of alkyl halides is 1. The standard InChI is InChI=1S/C15H17Cl2F/c16-10-13(12-4-2-1-3-5-12)6-11-7-14(17)9-15(18)8-11/h6-9,12H,1-5,10H2/b13-6-. The number of halogens is 3. The summed E-state index contributed by atoms with van der Waals surface area (Å²) in [6, 6.07) is 4.60. The maximum absolute atomic E-state index is 13.3. The second-order valence-corrected chi connectivity index (χ2v) is 5.59. The summed E-state index contributed by atoms with van der Waals surface area (Å²) in [5.74, 6) is 0.767. The molecule has 0 amide bonds. The third-order valence-electron chi connectivity index (χ3n) is 3.52. The van der Waals surface area contributed by atoms with Crippen LogP contribution >= 0.6 is 23.2 Å². The van der Waals surface area contributed by atoms with Crippen molar-refractivity contribution in [2.45, 2.75) is 32.1 Å². The monoisotopic (exact) mass is 286 g/mol. The summed E-state index contributed by atoms with van der Waals surface area (Å²) in [6.45, 7) is 0. The van der Waals surface area contributed by atoms with Gasteiger partial charge in [-0.25, -0.2) is 4.39 Å². The molecular weight excluding hydrogens is 270 g/mol. The van der Waals surface area contributed by atoms with Crippen LogP contribution in [-0.2, 0) is 0 Å². The zero-order valence-corrected chi connectivity index (χ0v) is 11.8. The molecule has 0 atom stereocenters. The molecule has 1 aliphatic rings. The van der Waals surface area contributed by atoms with Crippen LogP contribution in [0.4, 0.5) is 4.39 Å². The summed E-state index contributed by atoms with van der Waals surface area (Å²) in [4.78, 5) is 0. The van der Waals surface area contributed by atoms with Gasteiger partial charge in [-0.3, -0.25) is 0 Å². The van der Waals surface area contributed by atoms with Gasteiger partial charge in [0, 0.05) is 10.9 Å². The first-order chi connectivity index (χ1) is 8.69. The summed E-state index contributed by atoms with van der Waals surface area (Å²) in [5, 5.41) is 0.429. The Morgan fingerprint density at radius 3 is 2.56 bits per heavy atom. The molecule has 0 N–H and O–H groups in total. The van der Waals surface area contributed by atoms with Gasteiger partial charge in [-0.1, -0.05) is 42.5 Å². The Hall–Kier alpha value is -0.530. The number of hydrogen-bond donors (Lipinski definition) is 0. The second-order valence-electron chi connectivity index (χ2n) is 4.89. The molecule has 0 radical (unpaired) electrons. The lowest BCUT2D eigenvalue weighted by Crippen LogP contribution is -2.10. The SMILES string of the molecule is Fc1cc(Cl)cc(/C=C(/CCl)C2CCCCC2)c1. The minimum atomic E-state index is -0.300. The topological polar surface area (TPSA) is 0 Å². The van der Waals surface area contributed by atoms with E-state index in [1.165, 1.54) is 49.8 Å². The molecule has 1 saturated carbocycles. The van der Waals surface area contributed by atoms with Gasteiger partial charge in [-0.15, -0.1) is 11.6 Å². The molecule has 2 rings (SSSR count). The molecule has 0 saturated heterocycles. The molecule has 1 aromatic carbocycles. The number of benzene rings is 1. The van der Waals surface area contributed by atoms with Crippen molar-refractivity contribution in [3.63, 3.8) is 0 Å². The first-order valence-corrected chi connectivity index (χ1v) is 7.33. The van der Waals surface area contributed by atoms with E-state index in [9.17, 15) is 4.39 Å². The molecule has 1 aromatic rings. The largest absolute Gasteiger partial charge is 0.207 e. The molecule has 0 aliphatic heterocycles. The molecule has 0 unspecified atom stereocenters. The van der Waals surface area contributed by atoms with Crippen LogP contribution in [-0.4, -0.2) is 5.88 Å². The maximum Gasteiger partial charge on any atom is 0.125 e. The van der Waals surface area contributed by atoms with Crippen LogP contribution in [0.1, 0.15) is 37.7 Å². The molecule has 0 aromatic heterocycles. The van der Waals surface area contributed by atoms with Crippen LogP contribution < -0.4 is 0 Å². The van der Waals surface area contributed by atoms with Gasteiger partial charge < -0.3 is 0 Å². The van der Waals surface area contributed by atoms with Gasteiger partial charge >= 0.3 is 0 Å². The fraction of sp³-hybridized carbons (Fsp3) is 0.467. The molecule has 3 heteroatoms. The fourth-order valence-corrected chi connectivity index (χ4v) is 3.14. The number of allylic oxidation sites excluding steroid dienone is 1. The molecule has 1 fully saturated rings. The third-order valence-corrected chi connectivity index (χ3v) is 4.05. The van der Waals surface area contributed by atoms with Gasteiger partial charge in [-0.2, -0.15) is 0 Å². The highest BCUT2D eigenvalue weighted by molar-refractivity contribution is 6.30. The van der Waals surface area contributed by atoms with Crippen molar-refractivity contribution in [2.24, 2.45) is 5.92 Å². The zero-order valence-electron chi connectivity index (χ0n) is 10.3. The Labute approximate surface area is 118 Å². The maximum atomic E-state index is 13.3. The van der Waals surface area contributed by atoms with Gasteiger partial charge in [0.25, 0.3) is 0 Å². The van der Waals surface area contributed by atoms with Crippen LogP contribution in [0.5, 0.6) is 0 Å². The van der Waals surface area contributed by atoms with Gasteiger partial charge in [-0.05, 0) is 42.5 Å². The molecule has 0 bridgehead atoms. The Morgan fingerprint density at radius 2 is 1.94 bits per heavy atom. The van der Waals surface area contributed by atoms with E-state index in [4.69, 9.17) is 23.2 Å². The van der Waals surface area contributed by atoms with Crippen molar-refractivity contribution in [3.05, 3.63) is 40.2 Å². The number of hydrogen-bond acceptors (Lipinski definition) is 0. The highest BCUT2D eigenvalue weighted by atomic mass is 35.5. The molecular formula is C15H17Cl2F. The van der Waals surface area contributed by atoms with Crippen molar-refractivity contribution in [1.29, 1.82) is 0 Å². The lowest BCUT2D eigenvalue weighted by atomic mass is 9.84. The van der Waals surface area contributed by atoms with Gasteiger partial charge in [0.15, 0.2) is 0 Å². The second kappa shape index (κ2) is 6.58. The molecule has 1 aliphatic carbocycles. The summed E-state index contributed by atoms with van der Waals surface area (Å²) in [7, 11) is 0. The first kappa shape index (κ1) is 13.9. The van der Waals surface area contributed by atoms with Crippen molar-refractivity contribution in [1.82, 2.24) is 0 Å². The van der Waals surface area contributed by atoms with Crippen molar-refractivity contribution in [3.8, 4) is 0 Å². The predicted molar refractivity (Wildman–Crippen MR) is 76.7 cm³/mol. The molecule has 98 valence electrons. The summed E-state index contributed by atoms with van der Waals surface area (Å²) < 4.78 is 13.3. The van der Waals surface area contributed by atoms with E-state index in [1.54, 1.807) is 6.07 Å². The zero-order chi connectivity index (χ0) is 13.0. The van der Waals surface area contributed by atoms with E-state index >= 15 is 0 Å². The Balaban J connectivity index is 2.22. The quantitative estimate of drug-likeness (QED) is 0.627. The summed E-state index contributed by atoms with van der Waals surface area (Å²) in [6.07, 6.45) is 8.24. The van der Waals surface area contributed by atoms with Crippen LogP contribution in [0.25, 0.3) is 6.08 Å². The van der Waals surface area contributed by atoms with Crippen molar-refractivity contribution in [2.75, 3.05) is 5.88 Å². The predicted octanol–water partition coefficient (Wildman–Crippen LogP) is 5.68. The number of rotatable bonds is 3. The normalized spacial score (nSPS) is 18.1. The Bertz CT molecular complexity index is 414. The average Bonchev–Trinajstić information content (AvgIpc) is 2.36. The van der Waals surface area contributed by atoms with E-state index in [-0.39, 0.29) is 5.82 Å². The van der Waals surface area contributed by atoms with Gasteiger partial charge in [0.1, 0.15) is 5.82 Å². The summed E-state index contributed by atoms with van der Waals surface area (Å²) >= 11 is 11.9. The first-order valence-electron chi connectivity index (χ1n) is 6.41. The highest BCUT2D eigenvalue weighted by Gasteiger charge is 2.17. The molecule has 18 heavy (non-hydrogen) atoms. The summed E-state index contributed by atoms with van der Waals surface area (Å²) in [5.41, 5.74) is 2.01. The van der Waals surface area contributed by atoms with Crippen molar-refractivity contribution >= 4 is 29.3 Å². The van der Waals surface area contributed by atoms with E-state index in [0.29, 0.717) is 16.8 Å². The minimum Gasteiger partial charge on any atom is -0.207 e. The molecule has 0 spiro atoms. The van der Waals surface area contributed by atoms with E-state index in [1.807, 2.05) is 6.08 Å². The Morgan fingerprint density at radius 1 is 1.22 bits per heavy atom. The molecule has 0 heterocycles. The third kappa shape index (κ3) is 3.73. The van der Waals surface area contributed by atoms with E-state index in [2.05, 4.69) is 0 Å². The lowest BCUT2D eigenvalue weighted by molar-refractivity contribution is 0.405. The lowest BCUT2D eigenvalue weighted by Gasteiger charge is -2.23. The van der Waals surface area contributed by atoms with Crippen LogP contribution in [0.2, 0.25) is 5.02 Å². The van der Waals surface area contributed by atoms with Gasteiger partial charge in [0.05, 0.1) is 0 Å². The average molecular weight is 287 g/mol.